The Kier molecular flexibility index (Phi) is 10.2. The van der Waals surface area contributed by atoms with Gasteiger partial charge in [0.15, 0.2) is 6.29 Å². The smallest absolute Gasteiger partial charge is 0.248 e. The first-order valence-corrected chi connectivity index (χ1v) is 12.9. The normalized spacial score (nSPS) is 15.1. The molecule has 40 heavy (non-hydrogen) atoms. The molecule has 4 rings (SSSR count). The van der Waals surface area contributed by atoms with Crippen LogP contribution in [0.15, 0.2) is 48.7 Å². The topological polar surface area (TPSA) is 127 Å². The van der Waals surface area contributed by atoms with Gasteiger partial charge in [-0.1, -0.05) is 17.7 Å². The highest BCUT2D eigenvalue weighted by molar-refractivity contribution is 6.31. The van der Waals surface area contributed by atoms with Gasteiger partial charge in [0, 0.05) is 57.1 Å². The number of nitrogens with one attached hydrogen (secondary N) is 3. The Bertz CT molecular complexity index is 1420. The molecule has 210 valence electrons. The van der Waals surface area contributed by atoms with Crippen LogP contribution in [-0.2, 0) is 19.0 Å². The summed E-state index contributed by atoms with van der Waals surface area (Å²) in [5, 5.41) is 19.4. The number of methoxy groups -OCH3 is 2. The molecule has 1 aliphatic heterocycles. The van der Waals surface area contributed by atoms with Crippen molar-refractivity contribution >= 4 is 45.5 Å². The number of carbonyl (C=O) groups is 1. The van der Waals surface area contributed by atoms with Gasteiger partial charge in [-0.3, -0.25) is 9.78 Å². The molecule has 2 heterocycles. The van der Waals surface area contributed by atoms with Crippen molar-refractivity contribution in [1.82, 2.24) is 10.3 Å². The standard InChI is InChI=1S/C28H29ClFN5O5/c1-37-25(38-2)15-32-10-3-4-24(36)35-28-23(40-19-9-11-39-16-19)8-6-20-26(17(13-31)14-33-27(20)28)34-18-5-7-22(30)21(29)12-18/h3-8,12,14,19,25,32H,9-11,15-16H2,1-2H3,(H,33,34)(H,35,36)/b4-3+/t19-/m0/s1. The summed E-state index contributed by atoms with van der Waals surface area (Å²) in [6, 6.07) is 9.74. The Morgan fingerprint density at radius 3 is 2.83 bits per heavy atom. The Morgan fingerprint density at radius 2 is 2.12 bits per heavy atom. The molecular formula is C28H29ClFN5O5. The summed E-state index contributed by atoms with van der Waals surface area (Å²) in [5.41, 5.74) is 1.89. The molecule has 0 saturated carbocycles. The maximum absolute atomic E-state index is 13.7. The zero-order chi connectivity index (χ0) is 28.5. The predicted molar refractivity (Wildman–Crippen MR) is 149 cm³/mol. The second-order valence-electron chi connectivity index (χ2n) is 8.80. The van der Waals surface area contributed by atoms with Crippen LogP contribution in [0, 0.1) is 17.1 Å². The zero-order valence-corrected chi connectivity index (χ0v) is 22.8. The highest BCUT2D eigenvalue weighted by Crippen LogP contribution is 2.39. The number of fused-ring (bicyclic) bond motifs is 1. The first-order valence-electron chi connectivity index (χ1n) is 12.5. The second-order valence-corrected chi connectivity index (χ2v) is 9.21. The molecule has 0 spiro atoms. The van der Waals surface area contributed by atoms with Crippen LogP contribution in [0.25, 0.3) is 10.9 Å². The van der Waals surface area contributed by atoms with Crippen molar-refractivity contribution < 1.29 is 28.1 Å². The lowest BCUT2D eigenvalue weighted by molar-refractivity contribution is -0.111. The fourth-order valence-corrected chi connectivity index (χ4v) is 4.25. The van der Waals surface area contributed by atoms with E-state index in [-0.39, 0.29) is 16.7 Å². The van der Waals surface area contributed by atoms with Gasteiger partial charge in [0.1, 0.15) is 29.4 Å². The van der Waals surface area contributed by atoms with Gasteiger partial charge in [-0.15, -0.1) is 0 Å². The van der Waals surface area contributed by atoms with E-state index in [1.54, 1.807) is 32.4 Å². The summed E-state index contributed by atoms with van der Waals surface area (Å²) in [7, 11) is 3.09. The number of halogens is 2. The summed E-state index contributed by atoms with van der Waals surface area (Å²) >= 11 is 5.96. The number of rotatable bonds is 12. The monoisotopic (exact) mass is 569 g/mol. The van der Waals surface area contributed by atoms with Crippen LogP contribution >= 0.6 is 11.6 Å². The van der Waals surface area contributed by atoms with Crippen molar-refractivity contribution in [3.63, 3.8) is 0 Å². The van der Waals surface area contributed by atoms with Crippen LogP contribution < -0.4 is 20.7 Å². The van der Waals surface area contributed by atoms with Crippen LogP contribution in [0.5, 0.6) is 5.75 Å². The molecule has 3 aromatic rings. The minimum Gasteiger partial charge on any atom is -0.486 e. The quantitative estimate of drug-likeness (QED) is 0.164. The molecule has 0 radical (unpaired) electrons. The van der Waals surface area contributed by atoms with E-state index in [2.05, 4.69) is 27.0 Å². The van der Waals surface area contributed by atoms with Crippen LogP contribution in [-0.4, -0.2) is 63.8 Å². The van der Waals surface area contributed by atoms with E-state index in [1.165, 1.54) is 30.5 Å². The van der Waals surface area contributed by atoms with Gasteiger partial charge < -0.3 is 34.9 Å². The number of amides is 1. The Balaban J connectivity index is 1.65. The fourth-order valence-electron chi connectivity index (χ4n) is 4.07. The van der Waals surface area contributed by atoms with E-state index in [0.29, 0.717) is 66.4 Å². The van der Waals surface area contributed by atoms with Crippen molar-refractivity contribution in [2.75, 3.05) is 51.2 Å². The average molecular weight is 570 g/mol. The number of benzene rings is 2. The molecule has 1 aromatic heterocycles. The molecule has 1 amide bonds. The van der Waals surface area contributed by atoms with E-state index in [4.69, 9.17) is 30.5 Å². The molecule has 1 aliphatic rings. The molecule has 1 atom stereocenters. The van der Waals surface area contributed by atoms with Gasteiger partial charge in [-0.2, -0.15) is 5.26 Å². The van der Waals surface area contributed by atoms with Gasteiger partial charge in [0.05, 0.1) is 35.0 Å². The van der Waals surface area contributed by atoms with E-state index in [0.717, 1.165) is 0 Å². The second kappa shape index (κ2) is 14.0. The van der Waals surface area contributed by atoms with Crippen molar-refractivity contribution in [2.24, 2.45) is 0 Å². The van der Waals surface area contributed by atoms with Gasteiger partial charge in [-0.05, 0) is 30.3 Å². The lowest BCUT2D eigenvalue weighted by atomic mass is 10.1. The molecular weight excluding hydrogens is 541 g/mol. The van der Waals surface area contributed by atoms with Crippen molar-refractivity contribution in [3.8, 4) is 11.8 Å². The van der Waals surface area contributed by atoms with Crippen LogP contribution in [0.2, 0.25) is 5.02 Å². The first kappa shape index (κ1) is 29.2. The van der Waals surface area contributed by atoms with Crippen LogP contribution in [0.1, 0.15) is 12.0 Å². The molecule has 0 bridgehead atoms. The molecule has 1 fully saturated rings. The first-order chi connectivity index (χ1) is 19.4. The average Bonchev–Trinajstić information content (AvgIpc) is 3.47. The number of nitriles is 1. The van der Waals surface area contributed by atoms with Gasteiger partial charge in [0.25, 0.3) is 0 Å². The van der Waals surface area contributed by atoms with Gasteiger partial charge in [-0.25, -0.2) is 4.39 Å². The van der Waals surface area contributed by atoms with Crippen molar-refractivity contribution in [2.45, 2.75) is 18.8 Å². The maximum atomic E-state index is 13.7. The third kappa shape index (κ3) is 7.24. The Morgan fingerprint density at radius 1 is 1.30 bits per heavy atom. The SMILES string of the molecule is COC(CNC/C=C/C(=O)Nc1c(O[C@H]2CCOC2)ccc2c(Nc3ccc(F)c(Cl)c3)c(C#N)cnc12)OC. The minimum absolute atomic E-state index is 0.0643. The number of anilines is 3. The Labute approximate surface area is 236 Å². The number of carbonyl (C=O) groups excluding carboxylic acids is 1. The number of pyridine rings is 1. The maximum Gasteiger partial charge on any atom is 0.248 e. The summed E-state index contributed by atoms with van der Waals surface area (Å²) in [6.45, 7) is 1.87. The van der Waals surface area contributed by atoms with E-state index in [1.807, 2.05) is 0 Å². The van der Waals surface area contributed by atoms with Crippen molar-refractivity contribution in [1.29, 1.82) is 5.26 Å². The number of hydrogen-bond acceptors (Lipinski definition) is 9. The lowest BCUT2D eigenvalue weighted by Gasteiger charge is -2.19. The molecule has 3 N–H and O–H groups in total. The number of aromatic nitrogens is 1. The Hall–Kier alpha value is -3.79. The summed E-state index contributed by atoms with van der Waals surface area (Å²) in [4.78, 5) is 17.4. The molecule has 0 aliphatic carbocycles. The molecule has 2 aromatic carbocycles. The summed E-state index contributed by atoms with van der Waals surface area (Å²) in [6.07, 6.45) is 4.60. The third-order valence-electron chi connectivity index (χ3n) is 6.11. The van der Waals surface area contributed by atoms with E-state index in [9.17, 15) is 14.4 Å². The highest BCUT2D eigenvalue weighted by Gasteiger charge is 2.22. The summed E-state index contributed by atoms with van der Waals surface area (Å²) < 4.78 is 35.6. The number of ether oxygens (including phenoxy) is 4. The van der Waals surface area contributed by atoms with Gasteiger partial charge in [0.2, 0.25) is 5.91 Å². The van der Waals surface area contributed by atoms with E-state index < -0.39 is 18.0 Å². The fraction of sp³-hybridized carbons (Fsp3) is 0.321. The predicted octanol–water partition coefficient (Wildman–Crippen LogP) is 4.51. The molecule has 12 heteroatoms. The van der Waals surface area contributed by atoms with Crippen LogP contribution in [0.3, 0.4) is 0 Å². The lowest BCUT2D eigenvalue weighted by Crippen LogP contribution is -2.29. The zero-order valence-electron chi connectivity index (χ0n) is 22.0. The number of hydrogen-bond donors (Lipinski definition) is 3. The van der Waals surface area contributed by atoms with E-state index >= 15 is 0 Å². The third-order valence-corrected chi connectivity index (χ3v) is 6.40. The molecule has 0 unspecified atom stereocenters. The molecule has 10 nitrogen and oxygen atoms in total. The number of nitrogens with zero attached hydrogens (tertiary/aromatic N) is 2. The van der Waals surface area contributed by atoms with Crippen LogP contribution in [0.4, 0.5) is 21.5 Å². The molecule has 1 saturated heterocycles. The van der Waals surface area contributed by atoms with Crippen molar-refractivity contribution in [3.05, 3.63) is 65.1 Å². The summed E-state index contributed by atoms with van der Waals surface area (Å²) in [5.74, 6) is -0.544. The minimum atomic E-state index is -0.560. The highest BCUT2D eigenvalue weighted by atomic mass is 35.5. The van der Waals surface area contributed by atoms with Gasteiger partial charge >= 0.3 is 0 Å². The largest absolute Gasteiger partial charge is 0.486 e.